The zero-order valence-electron chi connectivity index (χ0n) is 13.8. The zero-order valence-corrected chi connectivity index (χ0v) is 13.8. The van der Waals surface area contributed by atoms with E-state index in [1.807, 2.05) is 20.0 Å². The van der Waals surface area contributed by atoms with Crippen molar-refractivity contribution in [2.24, 2.45) is 7.05 Å². The van der Waals surface area contributed by atoms with Crippen LogP contribution in [0.5, 0.6) is 0 Å². The summed E-state index contributed by atoms with van der Waals surface area (Å²) in [5.41, 5.74) is 0.889. The summed E-state index contributed by atoms with van der Waals surface area (Å²) in [7, 11) is 1.82. The number of rotatable bonds is 7. The van der Waals surface area contributed by atoms with E-state index < -0.39 is 11.7 Å². The minimum absolute atomic E-state index is 0.0285. The summed E-state index contributed by atoms with van der Waals surface area (Å²) in [6.07, 6.45) is 2.53. The maximum absolute atomic E-state index is 13.5. The maximum Gasteiger partial charge on any atom is 0.254 e. The number of nitrogens with zero attached hydrogens (tertiary/aromatic N) is 2. The van der Waals surface area contributed by atoms with Gasteiger partial charge in [0.05, 0.1) is 17.3 Å². The molecule has 1 atom stereocenters. The molecule has 0 saturated heterocycles. The van der Waals surface area contributed by atoms with Crippen molar-refractivity contribution in [2.75, 3.05) is 6.54 Å². The molecule has 2 rings (SSSR count). The standard InChI is InChI=1S/C17H21FN4O2/c1-3-14(15-8-11-20-22(15)2)21-16(23)9-10-19-17(24)12-6-4-5-7-13(12)18/h4-8,11,14H,3,9-10H2,1-2H3,(H,19,24)(H,21,23)/t14-/m0/s1. The molecular weight excluding hydrogens is 311 g/mol. The first-order chi connectivity index (χ1) is 11.5. The molecular formula is C17H21FN4O2. The molecule has 1 heterocycles. The number of aryl methyl sites for hydroxylation is 1. The van der Waals surface area contributed by atoms with Gasteiger partial charge in [0.1, 0.15) is 5.82 Å². The number of aromatic nitrogens is 2. The van der Waals surface area contributed by atoms with Gasteiger partial charge >= 0.3 is 0 Å². The molecule has 1 aromatic heterocycles. The molecule has 0 aliphatic heterocycles. The molecule has 128 valence electrons. The second kappa shape index (κ2) is 8.24. The van der Waals surface area contributed by atoms with Crippen LogP contribution in [0.3, 0.4) is 0 Å². The van der Waals surface area contributed by atoms with Crippen LogP contribution in [0.15, 0.2) is 36.5 Å². The Morgan fingerprint density at radius 2 is 2.04 bits per heavy atom. The first-order valence-corrected chi connectivity index (χ1v) is 7.83. The first-order valence-electron chi connectivity index (χ1n) is 7.83. The molecule has 0 aliphatic carbocycles. The molecule has 6 nitrogen and oxygen atoms in total. The zero-order chi connectivity index (χ0) is 17.5. The lowest BCUT2D eigenvalue weighted by Gasteiger charge is -2.17. The second-order valence-electron chi connectivity index (χ2n) is 5.39. The molecule has 1 aromatic carbocycles. The number of benzene rings is 1. The van der Waals surface area contributed by atoms with E-state index in [0.29, 0.717) is 0 Å². The van der Waals surface area contributed by atoms with Gasteiger partial charge in [0.25, 0.3) is 5.91 Å². The Bertz CT molecular complexity index is 714. The van der Waals surface area contributed by atoms with Gasteiger partial charge in [-0.3, -0.25) is 14.3 Å². The predicted octanol–water partition coefficient (Wildman–Crippen LogP) is 1.95. The van der Waals surface area contributed by atoms with E-state index in [9.17, 15) is 14.0 Å². The Hall–Kier alpha value is -2.70. The molecule has 2 N–H and O–H groups in total. The Morgan fingerprint density at radius 3 is 2.67 bits per heavy atom. The number of hydrogen-bond acceptors (Lipinski definition) is 3. The molecule has 0 aliphatic rings. The van der Waals surface area contributed by atoms with Crippen LogP contribution in [0.1, 0.15) is 41.9 Å². The number of carbonyl (C=O) groups excluding carboxylic acids is 2. The lowest BCUT2D eigenvalue weighted by atomic mass is 10.1. The molecule has 0 fully saturated rings. The molecule has 2 aromatic rings. The van der Waals surface area contributed by atoms with Gasteiger partial charge in [0.2, 0.25) is 5.91 Å². The summed E-state index contributed by atoms with van der Waals surface area (Å²) in [6.45, 7) is 2.11. The van der Waals surface area contributed by atoms with Gasteiger partial charge in [-0.1, -0.05) is 19.1 Å². The van der Waals surface area contributed by atoms with Gasteiger partial charge < -0.3 is 10.6 Å². The lowest BCUT2D eigenvalue weighted by molar-refractivity contribution is -0.121. The van der Waals surface area contributed by atoms with Crippen molar-refractivity contribution in [1.29, 1.82) is 0 Å². The van der Waals surface area contributed by atoms with Crippen LogP contribution in [-0.4, -0.2) is 28.1 Å². The SMILES string of the molecule is CC[C@H](NC(=O)CCNC(=O)c1ccccc1F)c1ccnn1C. The third-order valence-corrected chi connectivity index (χ3v) is 3.72. The van der Waals surface area contributed by atoms with E-state index in [2.05, 4.69) is 15.7 Å². The highest BCUT2D eigenvalue weighted by atomic mass is 19.1. The number of halogens is 1. The van der Waals surface area contributed by atoms with E-state index in [1.54, 1.807) is 16.9 Å². The predicted molar refractivity (Wildman–Crippen MR) is 87.7 cm³/mol. The van der Waals surface area contributed by atoms with Crippen molar-refractivity contribution < 1.29 is 14.0 Å². The molecule has 7 heteroatoms. The van der Waals surface area contributed by atoms with Crippen molar-refractivity contribution in [1.82, 2.24) is 20.4 Å². The van der Waals surface area contributed by atoms with E-state index >= 15 is 0 Å². The highest BCUT2D eigenvalue weighted by Gasteiger charge is 2.16. The third-order valence-electron chi connectivity index (χ3n) is 3.72. The van der Waals surface area contributed by atoms with E-state index in [4.69, 9.17) is 0 Å². The minimum atomic E-state index is -0.582. The molecule has 0 saturated carbocycles. The second-order valence-corrected chi connectivity index (χ2v) is 5.39. The van der Waals surface area contributed by atoms with Gasteiger partial charge in [-0.15, -0.1) is 0 Å². The monoisotopic (exact) mass is 332 g/mol. The Balaban J connectivity index is 1.82. The Morgan fingerprint density at radius 1 is 1.29 bits per heavy atom. The highest BCUT2D eigenvalue weighted by molar-refractivity contribution is 5.94. The van der Waals surface area contributed by atoms with Crippen molar-refractivity contribution in [3.05, 3.63) is 53.6 Å². The van der Waals surface area contributed by atoms with Gasteiger partial charge in [0, 0.05) is 26.2 Å². The summed E-state index contributed by atoms with van der Waals surface area (Å²) in [5.74, 6) is -1.29. The first kappa shape index (κ1) is 17.7. The third kappa shape index (κ3) is 4.41. The van der Waals surface area contributed by atoms with Gasteiger partial charge in [0.15, 0.2) is 0 Å². The average molecular weight is 332 g/mol. The fraction of sp³-hybridized carbons (Fsp3) is 0.353. The van der Waals surface area contributed by atoms with Crippen LogP contribution in [0, 0.1) is 5.82 Å². The fourth-order valence-corrected chi connectivity index (χ4v) is 2.41. The molecule has 0 bridgehead atoms. The number of hydrogen-bond donors (Lipinski definition) is 2. The van der Waals surface area contributed by atoms with Crippen LogP contribution in [0.4, 0.5) is 4.39 Å². The van der Waals surface area contributed by atoms with Crippen molar-refractivity contribution in [3.63, 3.8) is 0 Å². The van der Waals surface area contributed by atoms with Gasteiger partial charge in [-0.05, 0) is 24.6 Å². The summed E-state index contributed by atoms with van der Waals surface area (Å²) in [4.78, 5) is 23.9. The summed E-state index contributed by atoms with van der Waals surface area (Å²) >= 11 is 0. The summed E-state index contributed by atoms with van der Waals surface area (Å²) in [6, 6.07) is 7.45. The number of carbonyl (C=O) groups is 2. The van der Waals surface area contributed by atoms with Gasteiger partial charge in [-0.2, -0.15) is 5.10 Å². The molecule has 0 spiro atoms. The lowest BCUT2D eigenvalue weighted by Crippen LogP contribution is -2.33. The fourth-order valence-electron chi connectivity index (χ4n) is 2.41. The number of amides is 2. The van der Waals surface area contributed by atoms with Crippen LogP contribution in [0.2, 0.25) is 0 Å². The minimum Gasteiger partial charge on any atom is -0.351 e. The van der Waals surface area contributed by atoms with Crippen LogP contribution in [0.25, 0.3) is 0 Å². The van der Waals surface area contributed by atoms with Gasteiger partial charge in [-0.25, -0.2) is 4.39 Å². The molecule has 2 amide bonds. The van der Waals surface area contributed by atoms with Crippen molar-refractivity contribution in [3.8, 4) is 0 Å². The van der Waals surface area contributed by atoms with E-state index in [-0.39, 0.29) is 30.5 Å². The molecule has 24 heavy (non-hydrogen) atoms. The normalized spacial score (nSPS) is 11.8. The Kier molecular flexibility index (Phi) is 6.06. The quantitative estimate of drug-likeness (QED) is 0.814. The summed E-state index contributed by atoms with van der Waals surface area (Å²) < 4.78 is 15.2. The average Bonchev–Trinajstić information content (AvgIpc) is 2.99. The summed E-state index contributed by atoms with van der Waals surface area (Å²) in [5, 5.41) is 9.55. The highest BCUT2D eigenvalue weighted by Crippen LogP contribution is 2.15. The topological polar surface area (TPSA) is 76.0 Å². The van der Waals surface area contributed by atoms with Crippen LogP contribution < -0.4 is 10.6 Å². The Labute approximate surface area is 140 Å². The number of nitrogens with one attached hydrogen (secondary N) is 2. The van der Waals surface area contributed by atoms with E-state index in [0.717, 1.165) is 12.1 Å². The van der Waals surface area contributed by atoms with Crippen molar-refractivity contribution >= 4 is 11.8 Å². The largest absolute Gasteiger partial charge is 0.351 e. The maximum atomic E-state index is 13.5. The van der Waals surface area contributed by atoms with E-state index in [1.165, 1.54) is 18.2 Å². The van der Waals surface area contributed by atoms with Crippen LogP contribution in [-0.2, 0) is 11.8 Å². The van der Waals surface area contributed by atoms with Crippen molar-refractivity contribution in [2.45, 2.75) is 25.8 Å². The van der Waals surface area contributed by atoms with Crippen LogP contribution >= 0.6 is 0 Å². The smallest absolute Gasteiger partial charge is 0.254 e. The molecule has 0 unspecified atom stereocenters. The molecule has 0 radical (unpaired) electrons.